The topological polar surface area (TPSA) is 51.8 Å². The Morgan fingerprint density at radius 1 is 1.19 bits per heavy atom. The largest absolute Gasteiger partial charge is 0.417 e. The molecule has 21 heavy (non-hydrogen) atoms. The molecule has 0 unspecified atom stereocenters. The molecule has 1 aromatic carbocycles. The van der Waals surface area contributed by atoms with Crippen LogP contribution in [-0.4, -0.2) is 9.97 Å². The number of halogens is 4. The Morgan fingerprint density at radius 2 is 1.86 bits per heavy atom. The molecule has 7 heteroatoms. The first-order valence-corrected chi connectivity index (χ1v) is 6.24. The molecule has 0 saturated heterocycles. The van der Waals surface area contributed by atoms with E-state index in [-0.39, 0.29) is 17.2 Å². The fourth-order valence-electron chi connectivity index (χ4n) is 1.99. The van der Waals surface area contributed by atoms with Crippen molar-refractivity contribution in [3.8, 4) is 11.4 Å². The van der Waals surface area contributed by atoms with E-state index in [2.05, 4.69) is 9.97 Å². The highest BCUT2D eigenvalue weighted by Gasteiger charge is 2.35. The first kappa shape index (κ1) is 15.2. The van der Waals surface area contributed by atoms with E-state index in [9.17, 15) is 17.6 Å². The zero-order valence-corrected chi connectivity index (χ0v) is 11.4. The lowest BCUT2D eigenvalue weighted by atomic mass is 10.1. The lowest BCUT2D eigenvalue weighted by Gasteiger charge is -2.14. The van der Waals surface area contributed by atoms with Crippen LogP contribution >= 0.6 is 0 Å². The summed E-state index contributed by atoms with van der Waals surface area (Å²) in [6.45, 7) is 3.52. The third kappa shape index (κ3) is 2.96. The highest BCUT2D eigenvalue weighted by atomic mass is 19.4. The lowest BCUT2D eigenvalue weighted by Crippen LogP contribution is -2.11. The van der Waals surface area contributed by atoms with Crippen molar-refractivity contribution in [2.45, 2.75) is 26.4 Å². The van der Waals surface area contributed by atoms with Crippen LogP contribution in [0.5, 0.6) is 0 Å². The number of benzene rings is 1. The lowest BCUT2D eigenvalue weighted by molar-refractivity contribution is -0.137. The van der Waals surface area contributed by atoms with Crippen LogP contribution in [0.25, 0.3) is 11.4 Å². The van der Waals surface area contributed by atoms with E-state index in [0.29, 0.717) is 23.7 Å². The second kappa shape index (κ2) is 5.31. The van der Waals surface area contributed by atoms with Gasteiger partial charge < -0.3 is 5.73 Å². The summed E-state index contributed by atoms with van der Waals surface area (Å²) in [7, 11) is 0. The number of aromatic nitrogens is 2. The van der Waals surface area contributed by atoms with Gasteiger partial charge in [0.15, 0.2) is 5.82 Å². The summed E-state index contributed by atoms with van der Waals surface area (Å²) < 4.78 is 52.2. The van der Waals surface area contributed by atoms with Crippen LogP contribution in [0.2, 0.25) is 0 Å². The zero-order chi connectivity index (χ0) is 15.8. The van der Waals surface area contributed by atoms with Crippen LogP contribution in [0.1, 0.15) is 23.7 Å². The van der Waals surface area contributed by atoms with E-state index in [0.717, 1.165) is 12.1 Å². The number of aryl methyl sites for hydroxylation is 1. The van der Waals surface area contributed by atoms with Gasteiger partial charge in [-0.05, 0) is 31.5 Å². The summed E-state index contributed by atoms with van der Waals surface area (Å²) in [5.74, 6) is -1.00. The Hall–Kier alpha value is -2.18. The zero-order valence-electron chi connectivity index (χ0n) is 11.4. The molecule has 3 nitrogen and oxygen atoms in total. The summed E-state index contributed by atoms with van der Waals surface area (Å²) in [5, 5.41) is 0. The summed E-state index contributed by atoms with van der Waals surface area (Å²) >= 11 is 0. The molecule has 2 rings (SSSR count). The van der Waals surface area contributed by atoms with Gasteiger partial charge in [0, 0.05) is 16.8 Å². The number of alkyl halides is 3. The molecule has 0 aliphatic carbocycles. The SMILES string of the molecule is CCc1nc(-c2ccc(F)cc2C(F)(F)F)nc(N)c1C. The first-order chi connectivity index (χ1) is 9.74. The number of nitrogens with two attached hydrogens (primary N) is 1. The van der Waals surface area contributed by atoms with Crippen molar-refractivity contribution in [1.29, 1.82) is 0 Å². The van der Waals surface area contributed by atoms with E-state index in [1.54, 1.807) is 6.92 Å². The van der Waals surface area contributed by atoms with Crippen LogP contribution in [0, 0.1) is 12.7 Å². The molecule has 0 atom stereocenters. The van der Waals surface area contributed by atoms with Crippen LogP contribution in [0.4, 0.5) is 23.4 Å². The van der Waals surface area contributed by atoms with Gasteiger partial charge in [0.25, 0.3) is 0 Å². The van der Waals surface area contributed by atoms with Crippen LogP contribution < -0.4 is 5.73 Å². The molecule has 0 amide bonds. The molecule has 0 fully saturated rings. The molecule has 0 radical (unpaired) electrons. The van der Waals surface area contributed by atoms with Gasteiger partial charge in [0.2, 0.25) is 0 Å². The number of hydrogen-bond donors (Lipinski definition) is 1. The van der Waals surface area contributed by atoms with E-state index in [1.165, 1.54) is 0 Å². The molecule has 2 aromatic rings. The molecule has 0 aliphatic rings. The molecule has 112 valence electrons. The van der Waals surface area contributed by atoms with E-state index >= 15 is 0 Å². The molecule has 0 aliphatic heterocycles. The summed E-state index contributed by atoms with van der Waals surface area (Å²) in [4.78, 5) is 8.01. The summed E-state index contributed by atoms with van der Waals surface area (Å²) in [6.07, 6.45) is -4.19. The highest BCUT2D eigenvalue weighted by Crippen LogP contribution is 2.36. The van der Waals surface area contributed by atoms with E-state index < -0.39 is 17.6 Å². The average molecular weight is 299 g/mol. The number of nitrogens with zero attached hydrogens (tertiary/aromatic N) is 2. The minimum atomic E-state index is -4.70. The molecule has 1 aromatic heterocycles. The Bertz CT molecular complexity index is 681. The maximum Gasteiger partial charge on any atom is 0.417 e. The highest BCUT2D eigenvalue weighted by molar-refractivity contribution is 5.63. The van der Waals surface area contributed by atoms with Crippen molar-refractivity contribution in [2.24, 2.45) is 0 Å². The normalized spacial score (nSPS) is 11.7. The van der Waals surface area contributed by atoms with Crippen molar-refractivity contribution < 1.29 is 17.6 Å². The maximum atomic E-state index is 13.1. The molecule has 1 heterocycles. The monoisotopic (exact) mass is 299 g/mol. The maximum absolute atomic E-state index is 13.1. The predicted molar refractivity (Wildman–Crippen MR) is 71.0 cm³/mol. The average Bonchev–Trinajstić information content (AvgIpc) is 2.40. The van der Waals surface area contributed by atoms with Crippen LogP contribution in [0.3, 0.4) is 0 Å². The Kier molecular flexibility index (Phi) is 3.85. The third-order valence-electron chi connectivity index (χ3n) is 3.15. The van der Waals surface area contributed by atoms with Crippen molar-refractivity contribution in [2.75, 3.05) is 5.73 Å². The summed E-state index contributed by atoms with van der Waals surface area (Å²) in [6, 6.07) is 2.39. The number of rotatable bonds is 2. The van der Waals surface area contributed by atoms with Gasteiger partial charge in [0.05, 0.1) is 5.56 Å². The third-order valence-corrected chi connectivity index (χ3v) is 3.15. The number of nitrogen functional groups attached to an aromatic ring is 1. The van der Waals surface area contributed by atoms with Gasteiger partial charge in [-0.2, -0.15) is 13.2 Å². The smallest absolute Gasteiger partial charge is 0.383 e. The van der Waals surface area contributed by atoms with Crippen LogP contribution in [0.15, 0.2) is 18.2 Å². The van der Waals surface area contributed by atoms with Gasteiger partial charge in [-0.3, -0.25) is 0 Å². The van der Waals surface area contributed by atoms with Crippen molar-refractivity contribution in [3.05, 3.63) is 40.8 Å². The fourth-order valence-corrected chi connectivity index (χ4v) is 1.99. The predicted octanol–water partition coefficient (Wildman–Crippen LogP) is 3.75. The van der Waals surface area contributed by atoms with E-state index in [4.69, 9.17) is 5.73 Å². The fraction of sp³-hybridized carbons (Fsp3) is 0.286. The van der Waals surface area contributed by atoms with Gasteiger partial charge in [0.1, 0.15) is 11.6 Å². The van der Waals surface area contributed by atoms with Crippen molar-refractivity contribution in [3.63, 3.8) is 0 Å². The molecule has 0 bridgehead atoms. The second-order valence-electron chi connectivity index (χ2n) is 4.55. The van der Waals surface area contributed by atoms with Gasteiger partial charge in [-0.25, -0.2) is 14.4 Å². The Balaban J connectivity index is 2.70. The Labute approximate surface area is 118 Å². The van der Waals surface area contributed by atoms with Gasteiger partial charge in [-0.15, -0.1) is 0 Å². The molecular formula is C14H13F4N3. The second-order valence-corrected chi connectivity index (χ2v) is 4.55. The minimum Gasteiger partial charge on any atom is -0.383 e. The van der Waals surface area contributed by atoms with Gasteiger partial charge in [-0.1, -0.05) is 6.92 Å². The molecule has 0 saturated carbocycles. The van der Waals surface area contributed by atoms with E-state index in [1.807, 2.05) is 6.92 Å². The number of anilines is 1. The van der Waals surface area contributed by atoms with Gasteiger partial charge >= 0.3 is 6.18 Å². The molecular weight excluding hydrogens is 286 g/mol. The quantitative estimate of drug-likeness (QED) is 0.859. The van der Waals surface area contributed by atoms with Crippen molar-refractivity contribution in [1.82, 2.24) is 9.97 Å². The summed E-state index contributed by atoms with van der Waals surface area (Å²) in [5.41, 5.74) is 5.51. The number of hydrogen-bond acceptors (Lipinski definition) is 3. The molecule has 0 spiro atoms. The Morgan fingerprint density at radius 3 is 2.43 bits per heavy atom. The van der Waals surface area contributed by atoms with Crippen molar-refractivity contribution >= 4 is 5.82 Å². The van der Waals surface area contributed by atoms with Crippen LogP contribution in [-0.2, 0) is 12.6 Å². The minimum absolute atomic E-state index is 0.120. The molecule has 2 N–H and O–H groups in total. The first-order valence-electron chi connectivity index (χ1n) is 6.24. The standard InChI is InChI=1S/C14H13F4N3/c1-3-11-7(2)12(19)21-13(20-11)9-5-4-8(15)6-10(9)14(16,17)18/h4-6H,3H2,1-2H3,(H2,19,20,21).